The number of hydrogen-bond acceptors (Lipinski definition) is 4. The number of carbonyl (C=O) groups is 2. The van der Waals surface area contributed by atoms with Gasteiger partial charge in [-0.25, -0.2) is 9.18 Å². The van der Waals surface area contributed by atoms with Crippen LogP contribution < -0.4 is 10.2 Å². The number of benzene rings is 2. The number of nitrogens with zero attached hydrogens (tertiary/aromatic N) is 4. The van der Waals surface area contributed by atoms with Crippen molar-refractivity contribution in [2.24, 2.45) is 7.05 Å². The highest BCUT2D eigenvalue weighted by Gasteiger charge is 2.29. The molecule has 1 fully saturated rings. The summed E-state index contributed by atoms with van der Waals surface area (Å²) in [6, 6.07) is 14.8. The summed E-state index contributed by atoms with van der Waals surface area (Å²) in [5.74, 6) is -0.642. The zero-order chi connectivity index (χ0) is 25.1. The number of rotatable bonds is 6. The molecular weight excluding hydrogens is 461 g/mol. The van der Waals surface area contributed by atoms with Crippen molar-refractivity contribution in [2.45, 2.75) is 38.5 Å². The molecule has 0 unspecified atom stereocenters. The van der Waals surface area contributed by atoms with Gasteiger partial charge in [0.15, 0.2) is 0 Å². The van der Waals surface area contributed by atoms with Gasteiger partial charge in [0, 0.05) is 55.7 Å². The molecule has 5 rings (SSSR count). The average Bonchev–Trinajstić information content (AvgIpc) is 3.54. The summed E-state index contributed by atoms with van der Waals surface area (Å²) in [5.41, 5.74) is 3.87. The first-order valence-electron chi connectivity index (χ1n) is 12.3. The summed E-state index contributed by atoms with van der Waals surface area (Å²) >= 11 is 0. The molecule has 3 heterocycles. The van der Waals surface area contributed by atoms with Gasteiger partial charge in [-0.15, -0.1) is 0 Å². The summed E-state index contributed by atoms with van der Waals surface area (Å²) in [6.07, 6.45) is 2.76. The number of amides is 3. The van der Waals surface area contributed by atoms with Crippen LogP contribution >= 0.6 is 0 Å². The number of urea groups is 1. The number of nitrogens with one attached hydrogen (secondary N) is 1. The third kappa shape index (κ3) is 5.11. The van der Waals surface area contributed by atoms with Crippen LogP contribution in [0.25, 0.3) is 0 Å². The van der Waals surface area contributed by atoms with E-state index < -0.39 is 5.82 Å². The third-order valence-electron chi connectivity index (χ3n) is 6.83. The van der Waals surface area contributed by atoms with E-state index >= 15 is 0 Å². The van der Waals surface area contributed by atoms with E-state index in [2.05, 4.69) is 5.32 Å². The van der Waals surface area contributed by atoms with Crippen LogP contribution in [0.4, 0.5) is 14.9 Å². The molecule has 2 aromatic carbocycles. The van der Waals surface area contributed by atoms with Crippen molar-refractivity contribution in [2.75, 3.05) is 24.6 Å². The van der Waals surface area contributed by atoms with E-state index in [1.165, 1.54) is 24.3 Å². The molecule has 1 saturated heterocycles. The van der Waals surface area contributed by atoms with E-state index in [-0.39, 0.29) is 24.6 Å². The number of aromatic nitrogens is 2. The second-order valence-corrected chi connectivity index (χ2v) is 9.22. The standard InChI is InChI=1S/C27H30FN5O3/c1-31-25-13-14-32(27(35)29-16-22-8-5-15-36-22)17-23(25)24(30-31)18-33(21-6-3-2-4-7-21)26(34)19-9-11-20(28)12-10-19/h2-4,6-7,9-12,22H,5,8,13-18H2,1H3,(H,29,35)/t22-/m1/s1. The molecule has 3 aromatic rings. The van der Waals surface area contributed by atoms with Gasteiger partial charge in [0.2, 0.25) is 0 Å². The zero-order valence-electron chi connectivity index (χ0n) is 20.3. The highest BCUT2D eigenvalue weighted by molar-refractivity contribution is 6.06. The molecule has 3 amide bonds. The molecule has 1 aromatic heterocycles. The predicted molar refractivity (Wildman–Crippen MR) is 133 cm³/mol. The molecule has 2 aliphatic rings. The van der Waals surface area contributed by atoms with Crippen LogP contribution in [0.1, 0.15) is 40.2 Å². The maximum Gasteiger partial charge on any atom is 0.317 e. The lowest BCUT2D eigenvalue weighted by Gasteiger charge is -2.29. The molecule has 9 heteroatoms. The quantitative estimate of drug-likeness (QED) is 0.571. The minimum atomic E-state index is -0.394. The van der Waals surface area contributed by atoms with Crippen molar-refractivity contribution in [1.29, 1.82) is 0 Å². The van der Waals surface area contributed by atoms with Gasteiger partial charge in [-0.1, -0.05) is 18.2 Å². The first-order chi connectivity index (χ1) is 17.5. The molecule has 36 heavy (non-hydrogen) atoms. The van der Waals surface area contributed by atoms with E-state index in [1.54, 1.807) is 9.80 Å². The average molecular weight is 492 g/mol. The van der Waals surface area contributed by atoms with Crippen LogP contribution in [0.3, 0.4) is 0 Å². The Labute approximate surface area is 209 Å². The van der Waals surface area contributed by atoms with Crippen molar-refractivity contribution < 1.29 is 18.7 Å². The number of para-hydroxylation sites is 1. The van der Waals surface area contributed by atoms with Crippen molar-refractivity contribution in [1.82, 2.24) is 20.0 Å². The summed E-state index contributed by atoms with van der Waals surface area (Å²) in [6.45, 7) is 2.51. The topological polar surface area (TPSA) is 79.7 Å². The van der Waals surface area contributed by atoms with Gasteiger partial charge in [0.05, 0.1) is 24.9 Å². The van der Waals surface area contributed by atoms with E-state index in [9.17, 15) is 14.0 Å². The van der Waals surface area contributed by atoms with Crippen molar-refractivity contribution in [3.63, 3.8) is 0 Å². The van der Waals surface area contributed by atoms with Crippen LogP contribution in [0.5, 0.6) is 0 Å². The Balaban J connectivity index is 1.37. The predicted octanol–water partition coefficient (Wildman–Crippen LogP) is 3.65. The zero-order valence-corrected chi connectivity index (χ0v) is 20.3. The van der Waals surface area contributed by atoms with Crippen LogP contribution in [-0.2, 0) is 31.3 Å². The van der Waals surface area contributed by atoms with E-state index in [0.29, 0.717) is 37.3 Å². The van der Waals surface area contributed by atoms with Crippen molar-refractivity contribution >= 4 is 17.6 Å². The Morgan fingerprint density at radius 1 is 1.17 bits per heavy atom. The number of anilines is 1. The molecule has 2 aliphatic heterocycles. The minimum absolute atomic E-state index is 0.0835. The number of halogens is 1. The van der Waals surface area contributed by atoms with Crippen molar-refractivity contribution in [3.05, 3.63) is 82.9 Å². The lowest BCUT2D eigenvalue weighted by atomic mass is 10.0. The smallest absolute Gasteiger partial charge is 0.317 e. The molecule has 0 bridgehead atoms. The molecule has 1 atom stereocenters. The van der Waals surface area contributed by atoms with Crippen LogP contribution in [0, 0.1) is 5.82 Å². The summed E-state index contributed by atoms with van der Waals surface area (Å²) in [4.78, 5) is 29.8. The van der Waals surface area contributed by atoms with Gasteiger partial charge >= 0.3 is 6.03 Å². The first-order valence-corrected chi connectivity index (χ1v) is 12.3. The maximum absolute atomic E-state index is 13.5. The summed E-state index contributed by atoms with van der Waals surface area (Å²) in [5, 5.41) is 7.74. The van der Waals surface area contributed by atoms with Crippen molar-refractivity contribution in [3.8, 4) is 0 Å². The Bertz CT molecular complexity index is 1220. The van der Waals surface area contributed by atoms with Gasteiger partial charge in [-0.2, -0.15) is 5.10 Å². The fraction of sp³-hybridized carbons (Fsp3) is 0.370. The van der Waals surface area contributed by atoms with Crippen LogP contribution in [-0.4, -0.2) is 52.4 Å². The van der Waals surface area contributed by atoms with E-state index in [0.717, 1.165) is 36.4 Å². The molecule has 0 saturated carbocycles. The summed E-state index contributed by atoms with van der Waals surface area (Å²) < 4.78 is 20.9. The normalized spacial score (nSPS) is 17.1. The SMILES string of the molecule is Cn1nc(CN(C(=O)c2ccc(F)cc2)c2ccccc2)c2c1CCN(C(=O)NC[C@H]1CCCO1)C2. The highest BCUT2D eigenvalue weighted by atomic mass is 19.1. The number of hydrogen-bond donors (Lipinski definition) is 1. The van der Waals surface area contributed by atoms with Crippen LogP contribution in [0.2, 0.25) is 0 Å². The van der Waals surface area contributed by atoms with E-state index in [4.69, 9.17) is 9.84 Å². The minimum Gasteiger partial charge on any atom is -0.376 e. The second-order valence-electron chi connectivity index (χ2n) is 9.22. The fourth-order valence-electron chi connectivity index (χ4n) is 4.87. The number of aryl methyl sites for hydroxylation is 1. The largest absolute Gasteiger partial charge is 0.376 e. The van der Waals surface area contributed by atoms with Gasteiger partial charge < -0.3 is 19.9 Å². The fourth-order valence-corrected chi connectivity index (χ4v) is 4.87. The Morgan fingerprint density at radius 3 is 2.67 bits per heavy atom. The Kier molecular flexibility index (Phi) is 6.99. The maximum atomic E-state index is 13.5. The molecule has 0 aliphatic carbocycles. The monoisotopic (exact) mass is 491 g/mol. The number of ether oxygens (including phenoxy) is 1. The Morgan fingerprint density at radius 2 is 1.94 bits per heavy atom. The number of fused-ring (bicyclic) bond motifs is 1. The molecule has 0 spiro atoms. The third-order valence-corrected chi connectivity index (χ3v) is 6.83. The Hall–Kier alpha value is -3.72. The molecule has 1 N–H and O–H groups in total. The number of carbonyl (C=O) groups excluding carboxylic acids is 2. The lowest BCUT2D eigenvalue weighted by molar-refractivity contribution is 0.0984. The highest BCUT2D eigenvalue weighted by Crippen LogP contribution is 2.26. The second kappa shape index (κ2) is 10.5. The molecule has 0 radical (unpaired) electrons. The first kappa shape index (κ1) is 24.0. The lowest BCUT2D eigenvalue weighted by Crippen LogP contribution is -2.45. The van der Waals surface area contributed by atoms with Gasteiger partial charge in [0.1, 0.15) is 5.82 Å². The van der Waals surface area contributed by atoms with Gasteiger partial charge in [-0.3, -0.25) is 9.48 Å². The molecule has 8 nitrogen and oxygen atoms in total. The molecule has 188 valence electrons. The molecular formula is C27H30FN5O3. The van der Waals surface area contributed by atoms with Gasteiger partial charge in [0.25, 0.3) is 5.91 Å². The van der Waals surface area contributed by atoms with Crippen LogP contribution in [0.15, 0.2) is 54.6 Å². The summed E-state index contributed by atoms with van der Waals surface area (Å²) in [7, 11) is 1.89. The van der Waals surface area contributed by atoms with Gasteiger partial charge in [-0.05, 0) is 49.2 Å². The van der Waals surface area contributed by atoms with E-state index in [1.807, 2.05) is 42.1 Å².